The molecule has 0 saturated carbocycles. The summed E-state index contributed by atoms with van der Waals surface area (Å²) in [4.78, 5) is 8.86. The molecule has 1 aliphatic heterocycles. The number of hydrogen-bond acceptors (Lipinski definition) is 4. The summed E-state index contributed by atoms with van der Waals surface area (Å²) in [5.41, 5.74) is 0.933. The van der Waals surface area contributed by atoms with E-state index in [1.54, 1.807) is 0 Å². The van der Waals surface area contributed by atoms with E-state index in [2.05, 4.69) is 0 Å². The van der Waals surface area contributed by atoms with Gasteiger partial charge in [0.25, 0.3) is 5.69 Å². The molecule has 1 aliphatic rings. The second-order valence-electron chi connectivity index (χ2n) is 3.63. The SMILES string of the molecule is O=[N+]([O-])c1ccc2c(c1)CCC[N+]2(O)O. The molecule has 6 heteroatoms. The van der Waals surface area contributed by atoms with Gasteiger partial charge in [0.2, 0.25) is 5.69 Å². The number of nitro benzene ring substituents is 1. The third-order valence-electron chi connectivity index (χ3n) is 2.58. The van der Waals surface area contributed by atoms with Gasteiger partial charge in [-0.3, -0.25) is 10.1 Å². The molecule has 0 aliphatic carbocycles. The normalized spacial score (nSPS) is 18.3. The van der Waals surface area contributed by atoms with Crippen molar-refractivity contribution in [2.75, 3.05) is 6.54 Å². The molecule has 80 valence electrons. The van der Waals surface area contributed by atoms with Gasteiger partial charge in [-0.1, -0.05) is 0 Å². The summed E-state index contributed by atoms with van der Waals surface area (Å²) in [6.07, 6.45) is 1.24. The highest BCUT2D eigenvalue weighted by atomic mass is 16.8. The Labute approximate surface area is 85.6 Å². The molecule has 2 rings (SSSR count). The van der Waals surface area contributed by atoms with Gasteiger partial charge in [-0.15, -0.1) is 0 Å². The fourth-order valence-electron chi connectivity index (χ4n) is 1.85. The molecule has 1 heterocycles. The molecule has 0 unspecified atom stereocenters. The molecule has 0 spiro atoms. The molecule has 0 saturated heterocycles. The molecular formula is C9H11N2O4+. The topological polar surface area (TPSA) is 83.6 Å². The monoisotopic (exact) mass is 211 g/mol. The highest BCUT2D eigenvalue weighted by molar-refractivity contribution is 5.54. The Hall–Kier alpha value is -1.50. The molecule has 1 aromatic rings. The maximum Gasteiger partial charge on any atom is 0.270 e. The van der Waals surface area contributed by atoms with Crippen LogP contribution in [0.5, 0.6) is 0 Å². The first-order chi connectivity index (χ1) is 7.00. The molecule has 2 N–H and O–H groups in total. The van der Waals surface area contributed by atoms with Gasteiger partial charge < -0.3 is 0 Å². The zero-order chi connectivity index (χ0) is 11.1. The lowest BCUT2D eigenvalue weighted by Crippen LogP contribution is -2.46. The maximum absolute atomic E-state index is 10.5. The van der Waals surface area contributed by atoms with Crippen LogP contribution in [0.1, 0.15) is 12.0 Å². The number of nitro groups is 1. The zero-order valence-electron chi connectivity index (χ0n) is 7.96. The molecule has 6 nitrogen and oxygen atoms in total. The highest BCUT2D eigenvalue weighted by Gasteiger charge is 2.34. The standard InChI is InChI=1S/C9H11N2O4/c12-10(13)8-3-4-9-7(6-8)2-1-5-11(9,14)15/h3-4,6,14-15H,1-2,5H2/q+1. The van der Waals surface area contributed by atoms with Crippen molar-refractivity contribution in [1.82, 2.24) is 4.81 Å². The number of benzene rings is 1. The Balaban J connectivity index is 2.50. The maximum atomic E-state index is 10.5. The van der Waals surface area contributed by atoms with Crippen LogP contribution in [0.3, 0.4) is 0 Å². The van der Waals surface area contributed by atoms with Crippen LogP contribution in [0.25, 0.3) is 0 Å². The minimum Gasteiger partial charge on any atom is -0.258 e. The van der Waals surface area contributed by atoms with Crippen LogP contribution in [-0.2, 0) is 6.42 Å². The first-order valence-corrected chi connectivity index (χ1v) is 4.62. The number of rotatable bonds is 1. The minimum atomic E-state index is -1.17. The molecule has 0 amide bonds. The van der Waals surface area contributed by atoms with Crippen LogP contribution < -0.4 is 4.81 Å². The summed E-state index contributed by atoms with van der Waals surface area (Å²) in [7, 11) is 0. The average molecular weight is 211 g/mol. The number of quaternary nitrogens is 1. The van der Waals surface area contributed by atoms with Crippen molar-refractivity contribution in [3.8, 4) is 0 Å². The van der Waals surface area contributed by atoms with E-state index in [1.165, 1.54) is 18.2 Å². The lowest BCUT2D eigenvalue weighted by Gasteiger charge is -2.26. The van der Waals surface area contributed by atoms with E-state index in [-0.39, 0.29) is 12.2 Å². The lowest BCUT2D eigenvalue weighted by atomic mass is 10.0. The zero-order valence-corrected chi connectivity index (χ0v) is 7.96. The Morgan fingerprint density at radius 3 is 2.80 bits per heavy atom. The van der Waals surface area contributed by atoms with E-state index in [4.69, 9.17) is 0 Å². The number of hydroxylamine groups is 2. The first kappa shape index (κ1) is 10.0. The van der Waals surface area contributed by atoms with Gasteiger partial charge in [0.1, 0.15) is 6.54 Å². The quantitative estimate of drug-likeness (QED) is 0.420. The Kier molecular flexibility index (Phi) is 2.18. The molecule has 0 aromatic heterocycles. The predicted molar refractivity (Wildman–Crippen MR) is 51.7 cm³/mol. The minimum absolute atomic E-state index is 0.0179. The van der Waals surface area contributed by atoms with Gasteiger partial charge in [0.15, 0.2) is 0 Å². The number of aryl methyl sites for hydroxylation is 1. The molecule has 0 fully saturated rings. The van der Waals surface area contributed by atoms with E-state index in [9.17, 15) is 20.5 Å². The van der Waals surface area contributed by atoms with E-state index < -0.39 is 9.73 Å². The second-order valence-corrected chi connectivity index (χ2v) is 3.63. The fourth-order valence-corrected chi connectivity index (χ4v) is 1.85. The van der Waals surface area contributed by atoms with Gasteiger partial charge in [-0.2, -0.15) is 10.4 Å². The van der Waals surface area contributed by atoms with Crippen LogP contribution in [0, 0.1) is 10.1 Å². The summed E-state index contributed by atoms with van der Waals surface area (Å²) in [5, 5.41) is 29.7. The van der Waals surface area contributed by atoms with Gasteiger partial charge in [-0.25, -0.2) is 0 Å². The molecule has 1 aromatic carbocycles. The predicted octanol–water partition coefficient (Wildman–Crippen LogP) is 1.63. The van der Waals surface area contributed by atoms with Crippen LogP contribution >= 0.6 is 0 Å². The third-order valence-corrected chi connectivity index (χ3v) is 2.58. The summed E-state index contributed by atoms with van der Waals surface area (Å²) < 4.78 is 0. The Bertz CT molecular complexity index is 417. The van der Waals surface area contributed by atoms with Gasteiger partial charge >= 0.3 is 0 Å². The van der Waals surface area contributed by atoms with Crippen molar-refractivity contribution in [3.63, 3.8) is 0 Å². The van der Waals surface area contributed by atoms with Crippen molar-refractivity contribution in [1.29, 1.82) is 0 Å². The Morgan fingerprint density at radius 1 is 1.40 bits per heavy atom. The third kappa shape index (κ3) is 1.70. The smallest absolute Gasteiger partial charge is 0.258 e. The van der Waals surface area contributed by atoms with Gasteiger partial charge in [0.05, 0.1) is 4.92 Å². The number of fused-ring (bicyclic) bond motifs is 1. The van der Waals surface area contributed by atoms with Crippen LogP contribution in [-0.4, -0.2) is 21.9 Å². The van der Waals surface area contributed by atoms with Crippen LogP contribution in [0.2, 0.25) is 0 Å². The number of non-ortho nitro benzene ring substituents is 1. The fraction of sp³-hybridized carbons (Fsp3) is 0.333. The first-order valence-electron chi connectivity index (χ1n) is 4.62. The van der Waals surface area contributed by atoms with Gasteiger partial charge in [0, 0.05) is 30.2 Å². The van der Waals surface area contributed by atoms with E-state index in [1.807, 2.05) is 0 Å². The van der Waals surface area contributed by atoms with Crippen molar-refractivity contribution in [2.24, 2.45) is 0 Å². The van der Waals surface area contributed by atoms with Crippen molar-refractivity contribution < 1.29 is 15.3 Å². The van der Waals surface area contributed by atoms with Crippen LogP contribution in [0.15, 0.2) is 18.2 Å². The summed E-state index contributed by atoms with van der Waals surface area (Å²) in [6, 6.07) is 4.07. The number of nitrogens with zero attached hydrogens (tertiary/aromatic N) is 2. The summed E-state index contributed by atoms with van der Waals surface area (Å²) in [5.74, 6) is 0. The Morgan fingerprint density at radius 2 is 2.13 bits per heavy atom. The molecular weight excluding hydrogens is 200 g/mol. The molecule has 15 heavy (non-hydrogen) atoms. The number of hydrogen-bond donors (Lipinski definition) is 2. The van der Waals surface area contributed by atoms with Crippen molar-refractivity contribution in [3.05, 3.63) is 33.9 Å². The van der Waals surface area contributed by atoms with Crippen LogP contribution in [0.4, 0.5) is 11.4 Å². The lowest BCUT2D eigenvalue weighted by molar-refractivity contribution is -0.385. The molecule has 0 radical (unpaired) electrons. The summed E-state index contributed by atoms with van der Waals surface area (Å²) in [6.45, 7) is 0.213. The van der Waals surface area contributed by atoms with Gasteiger partial charge in [-0.05, 0) is 11.2 Å². The average Bonchev–Trinajstić information content (AvgIpc) is 2.16. The van der Waals surface area contributed by atoms with E-state index in [0.717, 1.165) is 0 Å². The largest absolute Gasteiger partial charge is 0.270 e. The van der Waals surface area contributed by atoms with Crippen molar-refractivity contribution in [2.45, 2.75) is 12.8 Å². The second kappa shape index (κ2) is 3.27. The van der Waals surface area contributed by atoms with Crippen molar-refractivity contribution >= 4 is 11.4 Å². The van der Waals surface area contributed by atoms with E-state index >= 15 is 0 Å². The molecule has 0 bridgehead atoms. The molecule has 0 atom stereocenters. The highest BCUT2D eigenvalue weighted by Crippen LogP contribution is 2.32. The van der Waals surface area contributed by atoms with E-state index in [0.29, 0.717) is 24.1 Å². The summed E-state index contributed by atoms with van der Waals surface area (Å²) >= 11 is 0.